The van der Waals surface area contributed by atoms with Gasteiger partial charge in [0.25, 0.3) is 0 Å². The van der Waals surface area contributed by atoms with E-state index in [0.29, 0.717) is 26.9 Å². The molecule has 0 amide bonds. The Hall–Kier alpha value is -1.53. The molecule has 0 aliphatic rings. The second-order valence-electron chi connectivity index (χ2n) is 3.55. The van der Waals surface area contributed by atoms with E-state index in [0.717, 1.165) is 5.69 Å². The Labute approximate surface area is 124 Å². The summed E-state index contributed by atoms with van der Waals surface area (Å²) in [7, 11) is 3.19. The minimum Gasteiger partial charge on any atom is -0.497 e. The van der Waals surface area contributed by atoms with Gasteiger partial charge in [-0.3, -0.25) is 0 Å². The molecule has 0 unspecified atom stereocenters. The standard InChI is InChI=1S/C12H11BrClN3O2/c1-18-8-3-7(4-9(5-8)19-2)17-12-10(13)11(14)15-6-16-12/h3-6H,1-2H3,(H,15,16,17). The van der Waals surface area contributed by atoms with Crippen molar-refractivity contribution < 1.29 is 9.47 Å². The molecule has 0 aliphatic heterocycles. The number of anilines is 2. The van der Waals surface area contributed by atoms with Gasteiger partial charge in [0.2, 0.25) is 0 Å². The van der Waals surface area contributed by atoms with E-state index >= 15 is 0 Å². The van der Waals surface area contributed by atoms with Crippen LogP contribution >= 0.6 is 27.5 Å². The van der Waals surface area contributed by atoms with Crippen LogP contribution in [0.5, 0.6) is 11.5 Å². The van der Waals surface area contributed by atoms with Crippen molar-refractivity contribution in [1.82, 2.24) is 9.97 Å². The van der Waals surface area contributed by atoms with Crippen LogP contribution in [0.4, 0.5) is 11.5 Å². The highest BCUT2D eigenvalue weighted by Crippen LogP contribution is 2.31. The molecule has 100 valence electrons. The summed E-state index contributed by atoms with van der Waals surface area (Å²) in [5, 5.41) is 3.46. The molecular weight excluding hydrogens is 334 g/mol. The zero-order chi connectivity index (χ0) is 13.8. The Balaban J connectivity index is 2.34. The van der Waals surface area contributed by atoms with Gasteiger partial charge in [0.1, 0.15) is 28.8 Å². The minimum absolute atomic E-state index is 0.340. The third-order valence-corrected chi connectivity index (χ3v) is 3.63. The van der Waals surface area contributed by atoms with Crippen LogP contribution in [0.1, 0.15) is 0 Å². The number of benzene rings is 1. The lowest BCUT2D eigenvalue weighted by molar-refractivity contribution is 0.395. The van der Waals surface area contributed by atoms with Gasteiger partial charge < -0.3 is 14.8 Å². The Morgan fingerprint density at radius 3 is 2.32 bits per heavy atom. The molecule has 2 rings (SSSR count). The number of ether oxygens (including phenoxy) is 2. The SMILES string of the molecule is COc1cc(Nc2ncnc(Cl)c2Br)cc(OC)c1. The number of nitrogens with one attached hydrogen (secondary N) is 1. The number of aromatic nitrogens is 2. The van der Waals surface area contributed by atoms with Crippen molar-refractivity contribution in [2.45, 2.75) is 0 Å². The normalized spacial score (nSPS) is 10.1. The Morgan fingerprint density at radius 1 is 1.11 bits per heavy atom. The van der Waals surface area contributed by atoms with Crippen LogP contribution in [0, 0.1) is 0 Å². The number of hydrogen-bond acceptors (Lipinski definition) is 5. The Bertz CT molecular complexity index is 573. The molecule has 1 aromatic carbocycles. The van der Waals surface area contributed by atoms with E-state index in [4.69, 9.17) is 21.1 Å². The summed E-state index contributed by atoms with van der Waals surface area (Å²) >= 11 is 9.24. The van der Waals surface area contributed by atoms with Crippen molar-refractivity contribution >= 4 is 39.0 Å². The zero-order valence-corrected chi connectivity index (χ0v) is 12.6. The highest BCUT2D eigenvalue weighted by Gasteiger charge is 2.08. The first-order chi connectivity index (χ1) is 9.13. The Kier molecular flexibility index (Phi) is 4.44. The molecule has 0 fully saturated rings. The Morgan fingerprint density at radius 2 is 1.74 bits per heavy atom. The van der Waals surface area contributed by atoms with Crippen molar-refractivity contribution in [3.8, 4) is 11.5 Å². The van der Waals surface area contributed by atoms with Gasteiger partial charge in [-0.15, -0.1) is 0 Å². The highest BCUT2D eigenvalue weighted by atomic mass is 79.9. The third-order valence-electron chi connectivity index (χ3n) is 2.36. The van der Waals surface area contributed by atoms with Gasteiger partial charge in [0.15, 0.2) is 0 Å². The fraction of sp³-hybridized carbons (Fsp3) is 0.167. The summed E-state index contributed by atoms with van der Waals surface area (Å²) in [6, 6.07) is 5.43. The summed E-state index contributed by atoms with van der Waals surface area (Å²) in [4.78, 5) is 7.98. The smallest absolute Gasteiger partial charge is 0.149 e. The minimum atomic E-state index is 0.340. The molecule has 0 bridgehead atoms. The molecule has 7 heteroatoms. The molecular formula is C12H11BrClN3O2. The van der Waals surface area contributed by atoms with Crippen LogP contribution in [0.25, 0.3) is 0 Å². The van der Waals surface area contributed by atoms with Crippen molar-refractivity contribution in [3.63, 3.8) is 0 Å². The number of nitrogens with zero attached hydrogens (tertiary/aromatic N) is 2. The van der Waals surface area contributed by atoms with Crippen LogP contribution in [0.15, 0.2) is 29.0 Å². The number of methoxy groups -OCH3 is 2. The van der Waals surface area contributed by atoms with Crippen molar-refractivity contribution in [1.29, 1.82) is 0 Å². The van der Waals surface area contributed by atoms with Crippen molar-refractivity contribution in [2.75, 3.05) is 19.5 Å². The number of halogens is 2. The van der Waals surface area contributed by atoms with Crippen LogP contribution in [0.2, 0.25) is 5.15 Å². The van der Waals surface area contributed by atoms with Crippen LogP contribution in [-0.2, 0) is 0 Å². The molecule has 1 aromatic heterocycles. The van der Waals surface area contributed by atoms with E-state index in [9.17, 15) is 0 Å². The summed E-state index contributed by atoms with van der Waals surface area (Å²) in [6.07, 6.45) is 1.38. The lowest BCUT2D eigenvalue weighted by Gasteiger charge is -2.11. The van der Waals surface area contributed by atoms with E-state index in [-0.39, 0.29) is 0 Å². The maximum Gasteiger partial charge on any atom is 0.149 e. The fourth-order valence-electron chi connectivity index (χ4n) is 1.45. The van der Waals surface area contributed by atoms with Crippen LogP contribution < -0.4 is 14.8 Å². The molecule has 0 aliphatic carbocycles. The van der Waals surface area contributed by atoms with Crippen LogP contribution in [-0.4, -0.2) is 24.2 Å². The lowest BCUT2D eigenvalue weighted by Crippen LogP contribution is -1.97. The first-order valence-electron chi connectivity index (χ1n) is 5.30. The molecule has 0 radical (unpaired) electrons. The molecule has 0 saturated carbocycles. The molecule has 1 heterocycles. The monoisotopic (exact) mass is 343 g/mol. The topological polar surface area (TPSA) is 56.3 Å². The predicted octanol–water partition coefficient (Wildman–Crippen LogP) is 3.65. The van der Waals surface area contributed by atoms with E-state index < -0.39 is 0 Å². The highest BCUT2D eigenvalue weighted by molar-refractivity contribution is 9.10. The lowest BCUT2D eigenvalue weighted by atomic mass is 10.2. The van der Waals surface area contributed by atoms with Crippen LogP contribution in [0.3, 0.4) is 0 Å². The average molecular weight is 345 g/mol. The first-order valence-corrected chi connectivity index (χ1v) is 6.47. The molecule has 0 atom stereocenters. The second kappa shape index (κ2) is 6.08. The number of rotatable bonds is 4. The quantitative estimate of drug-likeness (QED) is 0.858. The van der Waals surface area contributed by atoms with E-state index in [2.05, 4.69) is 31.2 Å². The zero-order valence-electron chi connectivity index (χ0n) is 10.3. The summed E-state index contributed by atoms with van der Waals surface area (Å²) in [5.74, 6) is 1.92. The summed E-state index contributed by atoms with van der Waals surface area (Å²) in [5.41, 5.74) is 0.770. The van der Waals surface area contributed by atoms with Gasteiger partial charge in [-0.25, -0.2) is 9.97 Å². The maximum absolute atomic E-state index is 5.91. The molecule has 0 spiro atoms. The van der Waals surface area contributed by atoms with E-state index in [1.807, 2.05) is 12.1 Å². The molecule has 5 nitrogen and oxygen atoms in total. The van der Waals surface area contributed by atoms with Gasteiger partial charge >= 0.3 is 0 Å². The maximum atomic E-state index is 5.91. The van der Waals surface area contributed by atoms with Gasteiger partial charge in [0, 0.05) is 23.9 Å². The number of hydrogen-bond donors (Lipinski definition) is 1. The molecule has 19 heavy (non-hydrogen) atoms. The van der Waals surface area contributed by atoms with Gasteiger partial charge in [-0.2, -0.15) is 0 Å². The summed E-state index contributed by atoms with van der Waals surface area (Å²) < 4.78 is 11.0. The first kappa shape index (κ1) is 13.9. The second-order valence-corrected chi connectivity index (χ2v) is 4.70. The average Bonchev–Trinajstić information content (AvgIpc) is 2.43. The van der Waals surface area contributed by atoms with Crippen molar-refractivity contribution in [3.05, 3.63) is 34.2 Å². The molecule has 2 aromatic rings. The van der Waals surface area contributed by atoms with Gasteiger partial charge in [0.05, 0.1) is 18.7 Å². The molecule has 1 N–H and O–H groups in total. The van der Waals surface area contributed by atoms with Gasteiger partial charge in [-0.1, -0.05) is 11.6 Å². The van der Waals surface area contributed by atoms with Gasteiger partial charge in [-0.05, 0) is 15.9 Å². The summed E-state index contributed by atoms with van der Waals surface area (Å²) in [6.45, 7) is 0. The third kappa shape index (κ3) is 3.27. The fourth-order valence-corrected chi connectivity index (χ4v) is 1.89. The van der Waals surface area contributed by atoms with E-state index in [1.165, 1.54) is 6.33 Å². The van der Waals surface area contributed by atoms with E-state index in [1.54, 1.807) is 20.3 Å². The predicted molar refractivity (Wildman–Crippen MR) is 77.6 cm³/mol. The largest absolute Gasteiger partial charge is 0.497 e. The van der Waals surface area contributed by atoms with Crippen molar-refractivity contribution in [2.24, 2.45) is 0 Å². The molecule has 0 saturated heterocycles.